The molecule has 0 atom stereocenters. The fourth-order valence-corrected chi connectivity index (χ4v) is 4.21. The number of hydrogen-bond acceptors (Lipinski definition) is 6. The van der Waals surface area contributed by atoms with E-state index in [-0.39, 0.29) is 5.91 Å². The average molecular weight is 455 g/mol. The van der Waals surface area contributed by atoms with Gasteiger partial charge >= 0.3 is 0 Å². The minimum Gasteiger partial charge on any atom is -0.437 e. The van der Waals surface area contributed by atoms with Gasteiger partial charge in [-0.2, -0.15) is 0 Å². The molecule has 1 fully saturated rings. The Morgan fingerprint density at radius 3 is 2.48 bits per heavy atom. The Bertz CT molecular complexity index is 1010. The van der Waals surface area contributed by atoms with Crippen LogP contribution in [-0.4, -0.2) is 47.0 Å². The number of likely N-dealkylation sites (tertiary alicyclic amines) is 1. The Balaban J connectivity index is 1.35. The number of ether oxygens (including phenoxy) is 1. The Labute approximate surface area is 191 Å². The predicted molar refractivity (Wildman–Crippen MR) is 122 cm³/mol. The third-order valence-corrected chi connectivity index (χ3v) is 6.14. The Hall–Kier alpha value is -2.61. The minimum atomic E-state index is -0.0794. The van der Waals surface area contributed by atoms with Crippen molar-refractivity contribution in [2.45, 2.75) is 22.8 Å². The molecule has 8 heteroatoms. The van der Waals surface area contributed by atoms with E-state index in [9.17, 15) is 4.79 Å². The highest BCUT2D eigenvalue weighted by molar-refractivity contribution is 7.99. The van der Waals surface area contributed by atoms with Gasteiger partial charge in [0.2, 0.25) is 0 Å². The molecule has 2 aromatic carbocycles. The second kappa shape index (κ2) is 10.6. The summed E-state index contributed by atoms with van der Waals surface area (Å²) in [6.07, 6.45) is 5.71. The van der Waals surface area contributed by atoms with Crippen molar-refractivity contribution in [1.29, 1.82) is 0 Å². The van der Waals surface area contributed by atoms with Gasteiger partial charge in [-0.3, -0.25) is 4.79 Å². The van der Waals surface area contributed by atoms with Crippen molar-refractivity contribution in [3.8, 4) is 11.6 Å². The summed E-state index contributed by atoms with van der Waals surface area (Å²) in [5.41, 5.74) is 0.601. The van der Waals surface area contributed by atoms with Crippen LogP contribution in [0.15, 0.2) is 70.8 Å². The molecule has 1 aliphatic heterocycles. The van der Waals surface area contributed by atoms with Crippen LogP contribution in [0.1, 0.15) is 23.2 Å². The molecule has 1 N–H and O–H groups in total. The van der Waals surface area contributed by atoms with Crippen LogP contribution in [0, 0.1) is 0 Å². The van der Waals surface area contributed by atoms with Crippen LogP contribution in [0.5, 0.6) is 11.6 Å². The number of aromatic nitrogens is 2. The molecule has 1 aliphatic rings. The summed E-state index contributed by atoms with van der Waals surface area (Å²) in [4.78, 5) is 24.4. The van der Waals surface area contributed by atoms with E-state index in [2.05, 4.69) is 20.2 Å². The van der Waals surface area contributed by atoms with Gasteiger partial charge in [-0.25, -0.2) is 9.97 Å². The molecule has 1 saturated heterocycles. The molecule has 2 heterocycles. The van der Waals surface area contributed by atoms with Crippen LogP contribution in [0.2, 0.25) is 5.02 Å². The molecule has 0 aliphatic carbocycles. The minimum absolute atomic E-state index is 0.0794. The van der Waals surface area contributed by atoms with E-state index < -0.39 is 0 Å². The maximum Gasteiger partial charge on any atom is 0.252 e. The highest BCUT2D eigenvalue weighted by Gasteiger charge is 2.13. The van der Waals surface area contributed by atoms with Crippen molar-refractivity contribution in [2.24, 2.45) is 0 Å². The number of amides is 1. The van der Waals surface area contributed by atoms with Crippen molar-refractivity contribution in [3.05, 3.63) is 71.5 Å². The number of rotatable bonds is 8. The molecular weight excluding hydrogens is 432 g/mol. The average Bonchev–Trinajstić information content (AvgIpc) is 3.31. The van der Waals surface area contributed by atoms with Crippen molar-refractivity contribution in [1.82, 2.24) is 20.2 Å². The zero-order chi connectivity index (χ0) is 21.5. The number of hydrogen-bond donors (Lipinski definition) is 1. The highest BCUT2D eigenvalue weighted by Crippen LogP contribution is 2.34. The summed E-state index contributed by atoms with van der Waals surface area (Å²) in [5.74, 6) is 0.918. The van der Waals surface area contributed by atoms with Crippen LogP contribution in [0.4, 0.5) is 0 Å². The first kappa shape index (κ1) is 21.6. The number of carbonyl (C=O) groups is 1. The van der Waals surface area contributed by atoms with Gasteiger partial charge in [0.15, 0.2) is 5.03 Å². The number of nitrogens with one attached hydrogen (secondary N) is 1. The van der Waals surface area contributed by atoms with Gasteiger partial charge in [-0.1, -0.05) is 23.4 Å². The molecule has 3 aromatic rings. The fourth-order valence-electron chi connectivity index (χ4n) is 3.29. The number of carbonyl (C=O) groups excluding carboxylic acids is 1. The lowest BCUT2D eigenvalue weighted by Gasteiger charge is -2.14. The van der Waals surface area contributed by atoms with Crippen molar-refractivity contribution < 1.29 is 9.53 Å². The Morgan fingerprint density at radius 1 is 1.03 bits per heavy atom. The first-order valence-electron chi connectivity index (χ1n) is 10.2. The first-order chi connectivity index (χ1) is 15.2. The van der Waals surface area contributed by atoms with Gasteiger partial charge < -0.3 is 15.0 Å². The van der Waals surface area contributed by atoms with Gasteiger partial charge in [0.05, 0.1) is 0 Å². The predicted octanol–water partition coefficient (Wildman–Crippen LogP) is 4.90. The third kappa shape index (κ3) is 6.19. The monoisotopic (exact) mass is 454 g/mol. The van der Waals surface area contributed by atoms with E-state index >= 15 is 0 Å². The van der Waals surface area contributed by atoms with E-state index in [1.807, 2.05) is 24.3 Å². The molecule has 0 bridgehead atoms. The summed E-state index contributed by atoms with van der Waals surface area (Å²) in [6, 6.07) is 14.5. The molecule has 0 unspecified atom stereocenters. The number of benzene rings is 2. The largest absolute Gasteiger partial charge is 0.437 e. The Morgan fingerprint density at radius 2 is 1.74 bits per heavy atom. The standard InChI is InChI=1S/C23H23ClN4O2S/c24-18-5-9-20(10-6-18)31-23-22(26-11-12-27-23)30-19-7-3-17(4-8-19)21(29)25-13-16-28-14-1-2-15-28/h3-12H,1-2,13-16H2,(H,25,29). The number of nitrogens with zero attached hydrogens (tertiary/aromatic N) is 3. The summed E-state index contributed by atoms with van der Waals surface area (Å²) >= 11 is 7.40. The molecular formula is C23H23ClN4O2S. The lowest BCUT2D eigenvalue weighted by Crippen LogP contribution is -2.33. The van der Waals surface area contributed by atoms with Crippen LogP contribution < -0.4 is 10.1 Å². The van der Waals surface area contributed by atoms with Crippen LogP contribution in [0.3, 0.4) is 0 Å². The molecule has 6 nitrogen and oxygen atoms in total. The van der Waals surface area contributed by atoms with Crippen LogP contribution >= 0.6 is 23.4 Å². The van der Waals surface area contributed by atoms with Crippen LogP contribution in [0.25, 0.3) is 0 Å². The van der Waals surface area contributed by atoms with Gasteiger partial charge in [0.25, 0.3) is 11.8 Å². The van der Waals surface area contributed by atoms with Gasteiger partial charge in [0.1, 0.15) is 5.75 Å². The smallest absolute Gasteiger partial charge is 0.252 e. The first-order valence-corrected chi connectivity index (χ1v) is 11.4. The summed E-state index contributed by atoms with van der Waals surface area (Å²) < 4.78 is 5.93. The normalized spacial score (nSPS) is 13.8. The molecule has 31 heavy (non-hydrogen) atoms. The lowest BCUT2D eigenvalue weighted by molar-refractivity contribution is 0.0949. The van der Waals surface area contributed by atoms with Gasteiger partial charge in [-0.05, 0) is 74.5 Å². The van der Waals surface area contributed by atoms with Crippen LogP contribution in [-0.2, 0) is 0 Å². The van der Waals surface area contributed by atoms with E-state index in [4.69, 9.17) is 16.3 Å². The molecule has 1 aromatic heterocycles. The van der Waals surface area contributed by atoms with E-state index in [0.29, 0.717) is 33.8 Å². The van der Waals surface area contributed by atoms with E-state index in [1.165, 1.54) is 24.6 Å². The molecule has 0 radical (unpaired) electrons. The maximum atomic E-state index is 12.4. The third-order valence-electron chi connectivity index (χ3n) is 4.90. The summed E-state index contributed by atoms with van der Waals surface area (Å²) in [5, 5.41) is 4.31. The summed E-state index contributed by atoms with van der Waals surface area (Å²) in [6.45, 7) is 3.81. The Kier molecular flexibility index (Phi) is 7.40. The zero-order valence-corrected chi connectivity index (χ0v) is 18.5. The highest BCUT2D eigenvalue weighted by atomic mass is 35.5. The molecule has 0 spiro atoms. The zero-order valence-electron chi connectivity index (χ0n) is 17.0. The van der Waals surface area contributed by atoms with Crippen molar-refractivity contribution in [2.75, 3.05) is 26.2 Å². The molecule has 1 amide bonds. The second-order valence-corrected chi connectivity index (χ2v) is 8.65. The molecule has 0 saturated carbocycles. The topological polar surface area (TPSA) is 67.4 Å². The quantitative estimate of drug-likeness (QED) is 0.522. The fraction of sp³-hybridized carbons (Fsp3) is 0.261. The molecule has 160 valence electrons. The maximum absolute atomic E-state index is 12.4. The number of halogens is 1. The van der Waals surface area contributed by atoms with Gasteiger partial charge in [0, 0.05) is 41.0 Å². The second-order valence-electron chi connectivity index (χ2n) is 7.15. The van der Waals surface area contributed by atoms with E-state index in [0.717, 1.165) is 24.5 Å². The SMILES string of the molecule is O=C(NCCN1CCCC1)c1ccc(Oc2nccnc2Sc2ccc(Cl)cc2)cc1. The van der Waals surface area contributed by atoms with Crippen molar-refractivity contribution >= 4 is 29.3 Å². The lowest BCUT2D eigenvalue weighted by atomic mass is 10.2. The van der Waals surface area contributed by atoms with E-state index in [1.54, 1.807) is 36.7 Å². The van der Waals surface area contributed by atoms with Gasteiger partial charge in [-0.15, -0.1) is 0 Å². The van der Waals surface area contributed by atoms with Crippen molar-refractivity contribution in [3.63, 3.8) is 0 Å². The summed E-state index contributed by atoms with van der Waals surface area (Å²) in [7, 11) is 0. The molecule has 4 rings (SSSR count).